The summed E-state index contributed by atoms with van der Waals surface area (Å²) in [5, 5.41) is 13.6. The molecule has 0 spiro atoms. The van der Waals surface area contributed by atoms with Gasteiger partial charge in [0.25, 0.3) is 0 Å². The number of carbonyl (C=O) groups is 1. The van der Waals surface area contributed by atoms with E-state index in [1.807, 2.05) is 0 Å². The summed E-state index contributed by atoms with van der Waals surface area (Å²) in [6.07, 6.45) is -4.69. The van der Waals surface area contributed by atoms with Crippen molar-refractivity contribution in [1.29, 1.82) is 0 Å². The minimum Gasteiger partial charge on any atom is -0.489 e. The van der Waals surface area contributed by atoms with Gasteiger partial charge in [0, 0.05) is 21.5 Å². The van der Waals surface area contributed by atoms with Crippen molar-refractivity contribution in [3.05, 3.63) is 118 Å². The second-order valence-electron chi connectivity index (χ2n) is 9.14. The molecule has 0 aliphatic heterocycles. The third-order valence-corrected chi connectivity index (χ3v) is 6.56. The van der Waals surface area contributed by atoms with Crippen molar-refractivity contribution in [1.82, 2.24) is 9.78 Å². The van der Waals surface area contributed by atoms with Gasteiger partial charge in [-0.1, -0.05) is 54.1 Å². The Labute approximate surface area is 231 Å². The number of hydrogen-bond donors (Lipinski definition) is 1. The molecule has 0 fully saturated rings. The van der Waals surface area contributed by atoms with E-state index < -0.39 is 23.5 Å². The first-order valence-corrected chi connectivity index (χ1v) is 12.5. The molecular formula is C30H21ClF4N2O3. The van der Waals surface area contributed by atoms with Gasteiger partial charge in [-0.2, -0.15) is 18.3 Å². The molecule has 0 aliphatic rings. The summed E-state index contributed by atoms with van der Waals surface area (Å²) in [7, 11) is 0. The van der Waals surface area contributed by atoms with Gasteiger partial charge in [0.15, 0.2) is 0 Å². The molecule has 1 heterocycles. The molecule has 1 N–H and O–H groups in total. The average Bonchev–Trinajstić information content (AvgIpc) is 3.27. The lowest BCUT2D eigenvalue weighted by atomic mass is 10.0. The Morgan fingerprint density at radius 1 is 0.950 bits per heavy atom. The van der Waals surface area contributed by atoms with Crippen LogP contribution in [0.4, 0.5) is 17.6 Å². The SMILES string of the molecule is O=C(O)Cc1ccc(COc2ccc(-c3c4cccc(C(F)(F)F)c4nn3Cc3ccc(Cl)cc3F)cc2)cc1. The molecule has 0 amide bonds. The zero-order valence-corrected chi connectivity index (χ0v) is 21.5. The van der Waals surface area contributed by atoms with Gasteiger partial charge in [0.1, 0.15) is 23.7 Å². The number of alkyl halides is 3. The smallest absolute Gasteiger partial charge is 0.418 e. The van der Waals surface area contributed by atoms with Crippen LogP contribution in [-0.2, 0) is 30.5 Å². The predicted octanol–water partition coefficient (Wildman–Crippen LogP) is 7.77. The molecule has 0 saturated carbocycles. The van der Waals surface area contributed by atoms with Gasteiger partial charge in [0.05, 0.1) is 24.2 Å². The van der Waals surface area contributed by atoms with Gasteiger partial charge in [-0.05, 0) is 53.6 Å². The molecule has 204 valence electrons. The van der Waals surface area contributed by atoms with Crippen molar-refractivity contribution in [2.24, 2.45) is 0 Å². The van der Waals surface area contributed by atoms with Gasteiger partial charge in [-0.25, -0.2) is 4.39 Å². The van der Waals surface area contributed by atoms with Crippen molar-refractivity contribution in [2.45, 2.75) is 25.7 Å². The molecule has 10 heteroatoms. The summed E-state index contributed by atoms with van der Waals surface area (Å²) < 4.78 is 63.2. The zero-order chi connectivity index (χ0) is 28.4. The largest absolute Gasteiger partial charge is 0.489 e. The van der Waals surface area contributed by atoms with E-state index in [0.29, 0.717) is 22.6 Å². The summed E-state index contributed by atoms with van der Waals surface area (Å²) in [6.45, 7) is 0.124. The maximum atomic E-state index is 14.6. The number of fused-ring (bicyclic) bond motifs is 1. The Balaban J connectivity index is 1.46. The zero-order valence-electron chi connectivity index (χ0n) is 20.8. The minimum atomic E-state index is -4.62. The van der Waals surface area contributed by atoms with Crippen LogP contribution in [0.5, 0.6) is 5.75 Å². The number of aromatic nitrogens is 2. The van der Waals surface area contributed by atoms with Crippen LogP contribution in [0.1, 0.15) is 22.3 Å². The van der Waals surface area contributed by atoms with Crippen LogP contribution in [0.15, 0.2) is 84.9 Å². The van der Waals surface area contributed by atoms with Crippen LogP contribution in [0.3, 0.4) is 0 Å². The van der Waals surface area contributed by atoms with Crippen molar-refractivity contribution in [3.63, 3.8) is 0 Å². The van der Waals surface area contributed by atoms with E-state index >= 15 is 0 Å². The number of ether oxygens (including phenoxy) is 1. The number of benzene rings is 4. The Kier molecular flexibility index (Phi) is 7.49. The first-order chi connectivity index (χ1) is 19.1. The monoisotopic (exact) mass is 568 g/mol. The second-order valence-corrected chi connectivity index (χ2v) is 9.58. The lowest BCUT2D eigenvalue weighted by Crippen LogP contribution is -2.07. The molecule has 0 bridgehead atoms. The van der Waals surface area contributed by atoms with E-state index in [4.69, 9.17) is 21.4 Å². The van der Waals surface area contributed by atoms with E-state index in [1.54, 1.807) is 54.6 Å². The van der Waals surface area contributed by atoms with Gasteiger partial charge >= 0.3 is 12.1 Å². The number of carboxylic acids is 1. The normalized spacial score (nSPS) is 11.6. The maximum absolute atomic E-state index is 14.6. The second kappa shape index (κ2) is 11.0. The van der Waals surface area contributed by atoms with E-state index in [9.17, 15) is 22.4 Å². The highest BCUT2D eigenvalue weighted by Gasteiger charge is 2.34. The molecule has 5 nitrogen and oxygen atoms in total. The van der Waals surface area contributed by atoms with Gasteiger partial charge < -0.3 is 9.84 Å². The van der Waals surface area contributed by atoms with Gasteiger partial charge in [-0.15, -0.1) is 0 Å². The molecule has 0 radical (unpaired) electrons. The highest BCUT2D eigenvalue weighted by Crippen LogP contribution is 2.38. The van der Waals surface area contributed by atoms with E-state index in [0.717, 1.165) is 17.7 Å². The summed E-state index contributed by atoms with van der Waals surface area (Å²) in [5.41, 5.74) is 1.60. The summed E-state index contributed by atoms with van der Waals surface area (Å²) in [5.74, 6) is -0.978. The number of nitrogens with zero attached hydrogens (tertiary/aromatic N) is 2. The Bertz CT molecular complexity index is 1680. The maximum Gasteiger partial charge on any atom is 0.418 e. The fourth-order valence-corrected chi connectivity index (χ4v) is 4.57. The summed E-state index contributed by atoms with van der Waals surface area (Å²) in [6, 6.07) is 21.8. The molecule has 5 rings (SSSR count). The van der Waals surface area contributed by atoms with Crippen LogP contribution in [0.2, 0.25) is 5.02 Å². The topological polar surface area (TPSA) is 64.3 Å². The van der Waals surface area contributed by atoms with Crippen LogP contribution in [0.25, 0.3) is 22.2 Å². The number of aliphatic carboxylic acids is 1. The molecule has 4 aromatic carbocycles. The summed E-state index contributed by atoms with van der Waals surface area (Å²) in [4.78, 5) is 10.8. The lowest BCUT2D eigenvalue weighted by Gasteiger charge is -2.11. The molecule has 0 atom stereocenters. The van der Waals surface area contributed by atoms with E-state index in [1.165, 1.54) is 22.9 Å². The highest BCUT2D eigenvalue weighted by atomic mass is 35.5. The minimum absolute atomic E-state index is 0.0665. The van der Waals surface area contributed by atoms with Crippen LogP contribution in [-0.4, -0.2) is 20.9 Å². The van der Waals surface area contributed by atoms with Crippen molar-refractivity contribution in [2.75, 3.05) is 0 Å². The van der Waals surface area contributed by atoms with Crippen LogP contribution < -0.4 is 4.74 Å². The van der Waals surface area contributed by atoms with Gasteiger partial charge in [-0.3, -0.25) is 9.48 Å². The number of hydrogen-bond acceptors (Lipinski definition) is 3. The predicted molar refractivity (Wildman–Crippen MR) is 143 cm³/mol. The number of carboxylic acid groups (broad SMARTS) is 1. The lowest BCUT2D eigenvalue weighted by molar-refractivity contribution is -0.137. The van der Waals surface area contributed by atoms with Crippen LogP contribution >= 0.6 is 11.6 Å². The Hall–Kier alpha value is -4.37. The van der Waals surface area contributed by atoms with E-state index in [-0.39, 0.29) is 41.1 Å². The quantitative estimate of drug-likeness (QED) is 0.194. The number of halogens is 5. The first-order valence-electron chi connectivity index (χ1n) is 12.1. The highest BCUT2D eigenvalue weighted by molar-refractivity contribution is 6.30. The standard InChI is InChI=1S/C30H21ClF4N2O3/c31-22-11-8-21(26(32)15-22)16-37-29(24-2-1-3-25(28(24)36-37)30(33,34)35)20-9-12-23(13-10-20)40-17-19-6-4-18(5-7-19)14-27(38)39/h1-13,15H,14,16-17H2,(H,38,39). The Morgan fingerprint density at radius 3 is 2.30 bits per heavy atom. The fourth-order valence-electron chi connectivity index (χ4n) is 4.41. The van der Waals surface area contributed by atoms with Gasteiger partial charge in [0.2, 0.25) is 0 Å². The molecule has 0 unspecified atom stereocenters. The third-order valence-electron chi connectivity index (χ3n) is 6.32. The molecule has 40 heavy (non-hydrogen) atoms. The van der Waals surface area contributed by atoms with Crippen LogP contribution in [0, 0.1) is 5.82 Å². The fraction of sp³-hybridized carbons (Fsp3) is 0.133. The molecule has 1 aromatic heterocycles. The average molecular weight is 569 g/mol. The summed E-state index contributed by atoms with van der Waals surface area (Å²) >= 11 is 5.87. The van der Waals surface area contributed by atoms with Crippen molar-refractivity contribution < 1.29 is 32.2 Å². The molecule has 5 aromatic rings. The van der Waals surface area contributed by atoms with E-state index in [2.05, 4.69) is 5.10 Å². The molecule has 0 aliphatic carbocycles. The first kappa shape index (κ1) is 27.2. The van der Waals surface area contributed by atoms with Crippen molar-refractivity contribution >= 4 is 28.5 Å². The number of rotatable bonds is 8. The Morgan fingerprint density at radius 2 is 1.65 bits per heavy atom. The third kappa shape index (κ3) is 5.94. The molecule has 0 saturated heterocycles. The molecular weight excluding hydrogens is 548 g/mol. The van der Waals surface area contributed by atoms with Crippen molar-refractivity contribution in [3.8, 4) is 17.0 Å².